The fourth-order valence-electron chi connectivity index (χ4n) is 1.87. The summed E-state index contributed by atoms with van der Waals surface area (Å²) < 4.78 is 3.79. The van der Waals surface area contributed by atoms with E-state index >= 15 is 0 Å². The van der Waals surface area contributed by atoms with Gasteiger partial charge in [0.25, 0.3) is 0 Å². The van der Waals surface area contributed by atoms with E-state index in [0.29, 0.717) is 6.42 Å². The van der Waals surface area contributed by atoms with Crippen molar-refractivity contribution in [2.75, 3.05) is 0 Å². The highest BCUT2D eigenvalue weighted by Gasteiger charge is 2.14. The minimum Gasteiger partial charge on any atom is -0.386 e. The number of thiazole rings is 1. The van der Waals surface area contributed by atoms with E-state index in [2.05, 4.69) is 9.97 Å². The molecule has 0 aliphatic rings. The number of fused-ring (bicyclic) bond motifs is 1. The Balaban J connectivity index is 1.83. The summed E-state index contributed by atoms with van der Waals surface area (Å²) in [6.45, 7) is 0. The normalized spacial score (nSPS) is 13.3. The van der Waals surface area contributed by atoms with Crippen molar-refractivity contribution in [1.82, 2.24) is 18.9 Å². The SMILES string of the molecule is Cn1cncc1C(O)Cc1cn2ccsc2n1. The zero-order chi connectivity index (χ0) is 11.8. The van der Waals surface area contributed by atoms with Gasteiger partial charge in [0, 0.05) is 31.2 Å². The van der Waals surface area contributed by atoms with Gasteiger partial charge in [0.1, 0.15) is 6.10 Å². The topological polar surface area (TPSA) is 55.3 Å². The number of nitrogens with zero attached hydrogens (tertiary/aromatic N) is 4. The Morgan fingerprint density at radius 2 is 2.41 bits per heavy atom. The second-order valence-corrected chi connectivity index (χ2v) is 4.85. The van der Waals surface area contributed by atoms with E-state index in [4.69, 9.17) is 0 Å². The summed E-state index contributed by atoms with van der Waals surface area (Å²) in [6.07, 6.45) is 7.23. The molecule has 0 amide bonds. The molecule has 0 aliphatic carbocycles. The molecule has 1 unspecified atom stereocenters. The molecular weight excluding hydrogens is 236 g/mol. The van der Waals surface area contributed by atoms with Gasteiger partial charge in [-0.05, 0) is 0 Å². The molecule has 0 aliphatic heterocycles. The maximum absolute atomic E-state index is 10.1. The summed E-state index contributed by atoms with van der Waals surface area (Å²) in [4.78, 5) is 9.40. The summed E-state index contributed by atoms with van der Waals surface area (Å²) in [6, 6.07) is 0. The van der Waals surface area contributed by atoms with Crippen molar-refractivity contribution in [3.8, 4) is 0 Å². The predicted octanol–water partition coefficient (Wildman–Crippen LogP) is 1.41. The van der Waals surface area contributed by atoms with Crippen LogP contribution in [0.3, 0.4) is 0 Å². The lowest BCUT2D eigenvalue weighted by molar-refractivity contribution is 0.169. The van der Waals surface area contributed by atoms with Crippen LogP contribution in [0.4, 0.5) is 0 Å². The van der Waals surface area contributed by atoms with Crippen molar-refractivity contribution in [3.63, 3.8) is 0 Å². The number of rotatable bonds is 3. The molecule has 1 atom stereocenters. The average molecular weight is 248 g/mol. The lowest BCUT2D eigenvalue weighted by Crippen LogP contribution is -2.06. The smallest absolute Gasteiger partial charge is 0.193 e. The number of hydrogen-bond acceptors (Lipinski definition) is 4. The van der Waals surface area contributed by atoms with E-state index < -0.39 is 6.10 Å². The average Bonchev–Trinajstić information content (AvgIpc) is 2.92. The first-order chi connectivity index (χ1) is 8.24. The Labute approximate surface area is 102 Å². The molecule has 0 saturated carbocycles. The van der Waals surface area contributed by atoms with Crippen molar-refractivity contribution in [1.29, 1.82) is 0 Å². The largest absolute Gasteiger partial charge is 0.386 e. The molecular formula is C11H12N4OS. The van der Waals surface area contributed by atoms with Gasteiger partial charge < -0.3 is 9.67 Å². The molecule has 5 nitrogen and oxygen atoms in total. The second kappa shape index (κ2) is 3.97. The number of hydrogen-bond donors (Lipinski definition) is 1. The van der Waals surface area contributed by atoms with Crippen LogP contribution in [0, 0.1) is 0 Å². The van der Waals surface area contributed by atoms with Crippen LogP contribution in [-0.2, 0) is 13.5 Å². The van der Waals surface area contributed by atoms with Gasteiger partial charge in [-0.3, -0.25) is 4.40 Å². The number of aliphatic hydroxyl groups is 1. The minimum absolute atomic E-state index is 0.508. The number of aromatic nitrogens is 4. The first kappa shape index (κ1) is 10.5. The van der Waals surface area contributed by atoms with Gasteiger partial charge in [0.2, 0.25) is 0 Å². The molecule has 0 saturated heterocycles. The summed E-state index contributed by atoms with van der Waals surface area (Å²) in [5, 5.41) is 12.1. The Morgan fingerprint density at radius 1 is 1.53 bits per heavy atom. The third kappa shape index (κ3) is 1.85. The number of imidazole rings is 2. The van der Waals surface area contributed by atoms with Gasteiger partial charge in [0.15, 0.2) is 4.96 Å². The van der Waals surface area contributed by atoms with Crippen LogP contribution in [-0.4, -0.2) is 24.0 Å². The second-order valence-electron chi connectivity index (χ2n) is 3.97. The summed E-state index contributed by atoms with van der Waals surface area (Å²) in [5.41, 5.74) is 1.70. The highest BCUT2D eigenvalue weighted by molar-refractivity contribution is 7.15. The highest BCUT2D eigenvalue weighted by atomic mass is 32.1. The van der Waals surface area contributed by atoms with Crippen molar-refractivity contribution in [3.05, 3.63) is 41.7 Å². The standard InChI is InChI=1S/C11H12N4OS/c1-14-7-12-5-9(14)10(16)4-8-6-15-2-3-17-11(15)13-8/h2-3,5-7,10,16H,4H2,1H3. The van der Waals surface area contributed by atoms with Gasteiger partial charge in [-0.1, -0.05) is 0 Å². The number of aryl methyl sites for hydroxylation is 1. The van der Waals surface area contributed by atoms with E-state index in [1.807, 2.05) is 33.8 Å². The fraction of sp³-hybridized carbons (Fsp3) is 0.273. The molecule has 0 bridgehead atoms. The summed E-state index contributed by atoms with van der Waals surface area (Å²) in [5.74, 6) is 0. The van der Waals surface area contributed by atoms with E-state index in [-0.39, 0.29) is 0 Å². The quantitative estimate of drug-likeness (QED) is 0.762. The molecule has 6 heteroatoms. The van der Waals surface area contributed by atoms with E-state index in [0.717, 1.165) is 16.3 Å². The molecule has 0 fully saturated rings. The Hall–Kier alpha value is -1.66. The van der Waals surface area contributed by atoms with Gasteiger partial charge in [0.05, 0.1) is 23.9 Å². The molecule has 17 heavy (non-hydrogen) atoms. The molecule has 3 heterocycles. The molecule has 3 rings (SSSR count). The Kier molecular flexibility index (Phi) is 2.45. The fourth-order valence-corrected chi connectivity index (χ4v) is 2.58. The zero-order valence-corrected chi connectivity index (χ0v) is 10.1. The molecule has 0 spiro atoms. The molecule has 88 valence electrons. The molecule has 1 N–H and O–H groups in total. The molecule has 0 aromatic carbocycles. The van der Waals surface area contributed by atoms with Gasteiger partial charge in [-0.15, -0.1) is 11.3 Å². The van der Waals surface area contributed by atoms with Crippen LogP contribution < -0.4 is 0 Å². The van der Waals surface area contributed by atoms with E-state index in [1.165, 1.54) is 0 Å². The lowest BCUT2D eigenvalue weighted by atomic mass is 10.1. The highest BCUT2D eigenvalue weighted by Crippen LogP contribution is 2.18. The maximum Gasteiger partial charge on any atom is 0.193 e. The predicted molar refractivity (Wildman–Crippen MR) is 64.9 cm³/mol. The van der Waals surface area contributed by atoms with E-state index in [1.54, 1.807) is 23.9 Å². The van der Waals surface area contributed by atoms with Crippen molar-refractivity contribution in [2.45, 2.75) is 12.5 Å². The first-order valence-corrected chi connectivity index (χ1v) is 6.17. The van der Waals surface area contributed by atoms with Crippen LogP contribution in [0.15, 0.2) is 30.3 Å². The van der Waals surface area contributed by atoms with Crippen molar-refractivity contribution < 1.29 is 5.11 Å². The minimum atomic E-state index is -0.563. The van der Waals surface area contributed by atoms with E-state index in [9.17, 15) is 5.11 Å². The number of aliphatic hydroxyl groups excluding tert-OH is 1. The van der Waals surface area contributed by atoms with Crippen LogP contribution in [0.5, 0.6) is 0 Å². The van der Waals surface area contributed by atoms with Crippen LogP contribution in [0.1, 0.15) is 17.5 Å². The van der Waals surface area contributed by atoms with Crippen molar-refractivity contribution in [2.24, 2.45) is 7.05 Å². The Bertz CT molecular complexity index is 610. The first-order valence-electron chi connectivity index (χ1n) is 5.29. The summed E-state index contributed by atoms with van der Waals surface area (Å²) >= 11 is 1.59. The van der Waals surface area contributed by atoms with Gasteiger partial charge in [-0.25, -0.2) is 9.97 Å². The molecule has 3 aromatic heterocycles. The van der Waals surface area contributed by atoms with Gasteiger partial charge >= 0.3 is 0 Å². The monoisotopic (exact) mass is 248 g/mol. The van der Waals surface area contributed by atoms with Crippen LogP contribution in [0.2, 0.25) is 0 Å². The van der Waals surface area contributed by atoms with Crippen molar-refractivity contribution >= 4 is 16.3 Å². The Morgan fingerprint density at radius 3 is 3.12 bits per heavy atom. The molecule has 3 aromatic rings. The maximum atomic E-state index is 10.1. The summed E-state index contributed by atoms with van der Waals surface area (Å²) in [7, 11) is 1.87. The van der Waals surface area contributed by atoms with Crippen LogP contribution >= 0.6 is 11.3 Å². The van der Waals surface area contributed by atoms with Gasteiger partial charge in [-0.2, -0.15) is 0 Å². The lowest BCUT2D eigenvalue weighted by Gasteiger charge is -2.08. The van der Waals surface area contributed by atoms with Crippen LogP contribution in [0.25, 0.3) is 4.96 Å². The molecule has 0 radical (unpaired) electrons. The third-order valence-electron chi connectivity index (χ3n) is 2.74. The zero-order valence-electron chi connectivity index (χ0n) is 9.32. The third-order valence-corrected chi connectivity index (χ3v) is 3.51.